The van der Waals surface area contributed by atoms with Gasteiger partial charge in [-0.2, -0.15) is 0 Å². The number of hydrogen-bond acceptors (Lipinski definition) is 4. The first kappa shape index (κ1) is 21.1. The summed E-state index contributed by atoms with van der Waals surface area (Å²) in [5.74, 6) is -1.42. The Hall–Kier alpha value is -3.22. The van der Waals surface area contributed by atoms with Gasteiger partial charge in [0, 0.05) is 12.5 Å². The quantitative estimate of drug-likeness (QED) is 0.738. The molecular formula is C21H23FN2O4. The minimum absolute atomic E-state index is 0.0689. The molecule has 2 aromatic rings. The molecule has 0 spiro atoms. The van der Waals surface area contributed by atoms with Crippen molar-refractivity contribution in [3.05, 3.63) is 64.5 Å². The zero-order valence-electron chi connectivity index (χ0n) is 16.3. The van der Waals surface area contributed by atoms with Gasteiger partial charge in [0.2, 0.25) is 5.91 Å². The van der Waals surface area contributed by atoms with Gasteiger partial charge in [-0.15, -0.1) is 0 Å². The topological polar surface area (TPSA) is 84.5 Å². The van der Waals surface area contributed by atoms with Gasteiger partial charge in [-0.1, -0.05) is 30.3 Å². The van der Waals surface area contributed by atoms with E-state index in [1.54, 1.807) is 13.8 Å². The molecule has 0 fully saturated rings. The predicted molar refractivity (Wildman–Crippen MR) is 104 cm³/mol. The van der Waals surface area contributed by atoms with Gasteiger partial charge in [-0.25, -0.2) is 9.18 Å². The summed E-state index contributed by atoms with van der Waals surface area (Å²) in [6.07, 6.45) is -0.748. The largest absolute Gasteiger partial charge is 0.445 e. The summed E-state index contributed by atoms with van der Waals surface area (Å²) < 4.78 is 19.2. The number of rotatable bonds is 6. The van der Waals surface area contributed by atoms with Crippen LogP contribution in [0.2, 0.25) is 0 Å². The van der Waals surface area contributed by atoms with Crippen LogP contribution in [0.25, 0.3) is 0 Å². The molecule has 0 aliphatic heterocycles. The molecule has 7 heteroatoms. The molecule has 0 unspecified atom stereocenters. The summed E-state index contributed by atoms with van der Waals surface area (Å²) in [7, 11) is 0. The molecule has 28 heavy (non-hydrogen) atoms. The van der Waals surface area contributed by atoms with Crippen LogP contribution in [-0.4, -0.2) is 23.8 Å². The number of carbonyl (C=O) groups excluding carboxylic acids is 3. The van der Waals surface area contributed by atoms with Gasteiger partial charge in [-0.3, -0.25) is 9.59 Å². The highest BCUT2D eigenvalue weighted by Crippen LogP contribution is 2.27. The van der Waals surface area contributed by atoms with Crippen LogP contribution >= 0.6 is 0 Å². The predicted octanol–water partition coefficient (Wildman–Crippen LogP) is 3.90. The van der Waals surface area contributed by atoms with Crippen molar-refractivity contribution in [3.63, 3.8) is 0 Å². The number of halogens is 1. The highest BCUT2D eigenvalue weighted by atomic mass is 19.1. The summed E-state index contributed by atoms with van der Waals surface area (Å²) in [5, 5.41) is 4.95. The number of amides is 2. The van der Waals surface area contributed by atoms with E-state index in [1.165, 1.54) is 13.8 Å². The lowest BCUT2D eigenvalue weighted by Crippen LogP contribution is -2.39. The lowest BCUT2D eigenvalue weighted by Gasteiger charge is -2.19. The Morgan fingerprint density at radius 2 is 1.75 bits per heavy atom. The van der Waals surface area contributed by atoms with Gasteiger partial charge in [0.25, 0.3) is 0 Å². The molecule has 2 N–H and O–H groups in total. The van der Waals surface area contributed by atoms with Crippen molar-refractivity contribution in [2.75, 3.05) is 5.32 Å². The first-order chi connectivity index (χ1) is 13.2. The molecule has 2 amide bonds. The summed E-state index contributed by atoms with van der Waals surface area (Å²) in [6, 6.07) is 9.30. The number of ether oxygens (including phenoxy) is 1. The third kappa shape index (κ3) is 5.16. The Morgan fingerprint density at radius 3 is 2.36 bits per heavy atom. The van der Waals surface area contributed by atoms with Crippen molar-refractivity contribution in [1.82, 2.24) is 5.32 Å². The van der Waals surface area contributed by atoms with Crippen molar-refractivity contribution >= 4 is 23.5 Å². The number of alkyl carbamates (subject to hydrolysis) is 1. The number of Topliss-reactive ketones (excluding diaryl/α,β-unsaturated/α-hetero) is 1. The van der Waals surface area contributed by atoms with E-state index in [4.69, 9.17) is 4.74 Å². The van der Waals surface area contributed by atoms with Gasteiger partial charge in [0.05, 0.1) is 11.7 Å². The monoisotopic (exact) mass is 386 g/mol. The molecule has 0 bridgehead atoms. The molecule has 0 saturated carbocycles. The van der Waals surface area contributed by atoms with Crippen LogP contribution in [0.15, 0.2) is 36.4 Å². The first-order valence-corrected chi connectivity index (χ1v) is 8.79. The molecular weight excluding hydrogens is 363 g/mol. The highest BCUT2D eigenvalue weighted by molar-refractivity contribution is 6.09. The second kappa shape index (κ2) is 9.12. The molecule has 0 aromatic heterocycles. The minimum Gasteiger partial charge on any atom is -0.445 e. The summed E-state index contributed by atoms with van der Waals surface area (Å²) in [4.78, 5) is 36.3. The smallest absolute Gasteiger partial charge is 0.408 e. The van der Waals surface area contributed by atoms with Crippen molar-refractivity contribution in [1.29, 1.82) is 0 Å². The van der Waals surface area contributed by atoms with Gasteiger partial charge in [0.1, 0.15) is 12.4 Å². The van der Waals surface area contributed by atoms with Crippen molar-refractivity contribution in [2.24, 2.45) is 0 Å². The van der Waals surface area contributed by atoms with E-state index in [2.05, 4.69) is 10.6 Å². The zero-order chi connectivity index (χ0) is 20.8. The SMILES string of the molecule is CC(=O)Nc1cc(F)c(C)c(C)c1C(=O)[C@H](C)NC(=O)OCc1ccccc1. The zero-order valence-corrected chi connectivity index (χ0v) is 16.3. The van der Waals surface area contributed by atoms with E-state index in [0.717, 1.165) is 11.6 Å². The average Bonchev–Trinajstić information content (AvgIpc) is 2.64. The van der Waals surface area contributed by atoms with Crippen molar-refractivity contribution in [3.8, 4) is 0 Å². The van der Waals surface area contributed by atoms with Gasteiger partial charge < -0.3 is 15.4 Å². The second-order valence-electron chi connectivity index (χ2n) is 6.50. The fourth-order valence-electron chi connectivity index (χ4n) is 2.71. The van der Waals surface area contributed by atoms with Crippen LogP contribution in [-0.2, 0) is 16.1 Å². The van der Waals surface area contributed by atoms with Crippen LogP contribution in [0.1, 0.15) is 40.9 Å². The van der Waals surface area contributed by atoms with Crippen LogP contribution < -0.4 is 10.6 Å². The molecule has 1 atom stereocenters. The van der Waals surface area contributed by atoms with Crippen LogP contribution in [0, 0.1) is 19.7 Å². The Balaban J connectivity index is 2.14. The number of nitrogens with one attached hydrogen (secondary N) is 2. The third-order valence-corrected chi connectivity index (χ3v) is 4.33. The highest BCUT2D eigenvalue weighted by Gasteiger charge is 2.25. The van der Waals surface area contributed by atoms with E-state index in [-0.39, 0.29) is 17.9 Å². The Kier molecular flexibility index (Phi) is 6.87. The third-order valence-electron chi connectivity index (χ3n) is 4.33. The molecule has 0 aliphatic rings. The maximum absolute atomic E-state index is 14.1. The molecule has 0 radical (unpaired) electrons. The van der Waals surface area contributed by atoms with Crippen molar-refractivity contribution < 1.29 is 23.5 Å². The molecule has 148 valence electrons. The number of benzene rings is 2. The molecule has 2 rings (SSSR count). The molecule has 0 saturated heterocycles. The molecule has 6 nitrogen and oxygen atoms in total. The van der Waals surface area contributed by atoms with E-state index in [1.807, 2.05) is 30.3 Å². The van der Waals surface area contributed by atoms with E-state index in [9.17, 15) is 18.8 Å². The number of anilines is 1. The Morgan fingerprint density at radius 1 is 1.11 bits per heavy atom. The fraction of sp³-hybridized carbons (Fsp3) is 0.286. The average molecular weight is 386 g/mol. The number of carbonyl (C=O) groups is 3. The lowest BCUT2D eigenvalue weighted by molar-refractivity contribution is -0.114. The van der Waals surface area contributed by atoms with Gasteiger partial charge >= 0.3 is 6.09 Å². The van der Waals surface area contributed by atoms with E-state index in [0.29, 0.717) is 11.1 Å². The maximum Gasteiger partial charge on any atom is 0.408 e. The van der Waals surface area contributed by atoms with Gasteiger partial charge in [0.15, 0.2) is 5.78 Å². The van der Waals surface area contributed by atoms with Crippen LogP contribution in [0.4, 0.5) is 14.9 Å². The summed E-state index contributed by atoms with van der Waals surface area (Å²) in [5.41, 5.74) is 1.75. The first-order valence-electron chi connectivity index (χ1n) is 8.79. The molecule has 2 aromatic carbocycles. The lowest BCUT2D eigenvalue weighted by atomic mass is 9.94. The van der Waals surface area contributed by atoms with E-state index >= 15 is 0 Å². The maximum atomic E-state index is 14.1. The molecule has 0 aliphatic carbocycles. The number of ketones is 1. The summed E-state index contributed by atoms with van der Waals surface area (Å²) in [6.45, 7) is 5.98. The van der Waals surface area contributed by atoms with Crippen LogP contribution in [0.5, 0.6) is 0 Å². The minimum atomic E-state index is -0.931. The molecule has 0 heterocycles. The second-order valence-corrected chi connectivity index (χ2v) is 6.50. The standard InChI is InChI=1S/C21H23FN2O4/c1-12-13(2)19(18(10-17(12)22)24-15(4)25)20(26)14(3)23-21(27)28-11-16-8-6-5-7-9-16/h5-10,14H,11H2,1-4H3,(H,23,27)(H,24,25)/t14-/m0/s1. The fourth-order valence-corrected chi connectivity index (χ4v) is 2.71. The Bertz CT molecular complexity index is 897. The Labute approximate surface area is 163 Å². The normalized spacial score (nSPS) is 11.5. The van der Waals surface area contributed by atoms with Crippen LogP contribution in [0.3, 0.4) is 0 Å². The summed E-state index contributed by atoms with van der Waals surface area (Å²) >= 11 is 0. The van der Waals surface area contributed by atoms with Gasteiger partial charge in [-0.05, 0) is 43.5 Å². The number of hydrogen-bond donors (Lipinski definition) is 2. The van der Waals surface area contributed by atoms with E-state index < -0.39 is 29.6 Å². The van der Waals surface area contributed by atoms with Crippen molar-refractivity contribution in [2.45, 2.75) is 40.3 Å².